The Morgan fingerprint density at radius 2 is 1.69 bits per heavy atom. The summed E-state index contributed by atoms with van der Waals surface area (Å²) in [5, 5.41) is 4.50. The van der Waals surface area contributed by atoms with Crippen LogP contribution in [0.5, 0.6) is 0 Å². The summed E-state index contributed by atoms with van der Waals surface area (Å²) < 4.78 is 0. The van der Waals surface area contributed by atoms with Crippen LogP contribution in [0.25, 0.3) is 0 Å². The number of thioether (sulfide) groups is 1. The van der Waals surface area contributed by atoms with Crippen molar-refractivity contribution < 1.29 is 4.79 Å². The van der Waals surface area contributed by atoms with Crippen LogP contribution in [0.3, 0.4) is 0 Å². The van der Waals surface area contributed by atoms with E-state index in [2.05, 4.69) is 22.2 Å². The van der Waals surface area contributed by atoms with Crippen LogP contribution >= 0.6 is 23.5 Å². The third-order valence-corrected chi connectivity index (χ3v) is 5.83. The fourth-order valence-corrected chi connectivity index (χ4v) is 3.96. The van der Waals surface area contributed by atoms with Crippen molar-refractivity contribution in [1.29, 1.82) is 0 Å². The molecule has 0 radical (unpaired) electrons. The summed E-state index contributed by atoms with van der Waals surface area (Å²) in [4.78, 5) is 22.1. The van der Waals surface area contributed by atoms with Crippen LogP contribution in [-0.4, -0.2) is 21.6 Å². The average Bonchev–Trinajstić information content (AvgIpc) is 2.65. The molecule has 1 heterocycles. The minimum atomic E-state index is -0.0560. The zero-order valence-electron chi connectivity index (χ0n) is 14.6. The van der Waals surface area contributed by atoms with E-state index in [-0.39, 0.29) is 11.7 Å². The molecule has 132 valence electrons. The molecule has 0 aliphatic carbocycles. The summed E-state index contributed by atoms with van der Waals surface area (Å²) in [5.74, 6) is 0.230. The largest absolute Gasteiger partial charge is 0.325 e. The smallest absolute Gasteiger partial charge is 0.234 e. The van der Waals surface area contributed by atoms with Crippen LogP contribution in [0.1, 0.15) is 11.1 Å². The Kier molecular flexibility index (Phi) is 6.30. The topological polar surface area (TPSA) is 54.9 Å². The van der Waals surface area contributed by atoms with Crippen molar-refractivity contribution in [3.8, 4) is 0 Å². The Balaban J connectivity index is 1.62. The Morgan fingerprint density at radius 3 is 2.42 bits per heavy atom. The molecule has 1 amide bonds. The van der Waals surface area contributed by atoms with Gasteiger partial charge < -0.3 is 5.32 Å². The van der Waals surface area contributed by atoms with Gasteiger partial charge in [-0.3, -0.25) is 4.79 Å². The predicted molar refractivity (Wildman–Crippen MR) is 108 cm³/mol. The molecule has 1 N–H and O–H groups in total. The molecule has 0 aliphatic heterocycles. The lowest BCUT2D eigenvalue weighted by molar-refractivity contribution is -0.113. The van der Waals surface area contributed by atoms with Crippen molar-refractivity contribution in [1.82, 2.24) is 9.97 Å². The first kappa shape index (κ1) is 18.5. The van der Waals surface area contributed by atoms with Crippen molar-refractivity contribution in [2.45, 2.75) is 28.8 Å². The number of nitrogens with zero attached hydrogens (tertiary/aromatic N) is 2. The van der Waals surface area contributed by atoms with E-state index < -0.39 is 0 Å². The van der Waals surface area contributed by atoms with E-state index in [0.29, 0.717) is 0 Å². The van der Waals surface area contributed by atoms with E-state index in [1.54, 1.807) is 24.2 Å². The van der Waals surface area contributed by atoms with Crippen molar-refractivity contribution >= 4 is 35.1 Å². The Morgan fingerprint density at radius 1 is 0.962 bits per heavy atom. The quantitative estimate of drug-likeness (QED) is 0.611. The number of carbonyl (C=O) groups is 1. The molecule has 0 bridgehead atoms. The highest BCUT2D eigenvalue weighted by Gasteiger charge is 2.11. The van der Waals surface area contributed by atoms with Crippen molar-refractivity contribution in [3.05, 3.63) is 72.1 Å². The van der Waals surface area contributed by atoms with Gasteiger partial charge in [0.05, 0.1) is 5.75 Å². The third kappa shape index (κ3) is 5.09. The normalized spacial score (nSPS) is 10.5. The fraction of sp³-hybridized carbons (Fsp3) is 0.150. The lowest BCUT2D eigenvalue weighted by Crippen LogP contribution is -2.14. The first-order chi connectivity index (χ1) is 12.6. The third-order valence-electron chi connectivity index (χ3n) is 3.72. The molecular weight excluding hydrogens is 362 g/mol. The SMILES string of the molecule is Cc1ccc(NC(=O)CSc2nccnc2Sc2ccccc2)cc1C. The van der Waals surface area contributed by atoms with Gasteiger partial charge in [0.25, 0.3) is 0 Å². The molecule has 0 saturated carbocycles. The van der Waals surface area contributed by atoms with Crippen LogP contribution in [0.4, 0.5) is 5.69 Å². The van der Waals surface area contributed by atoms with Gasteiger partial charge in [0, 0.05) is 23.0 Å². The molecule has 0 fully saturated rings. The molecule has 6 heteroatoms. The van der Waals surface area contributed by atoms with Gasteiger partial charge in [0.1, 0.15) is 10.1 Å². The number of aromatic nitrogens is 2. The molecule has 26 heavy (non-hydrogen) atoms. The maximum Gasteiger partial charge on any atom is 0.234 e. The van der Waals surface area contributed by atoms with Gasteiger partial charge in [-0.25, -0.2) is 9.97 Å². The predicted octanol–water partition coefficient (Wildman–Crippen LogP) is 4.98. The van der Waals surface area contributed by atoms with Gasteiger partial charge in [-0.1, -0.05) is 47.8 Å². The molecule has 0 spiro atoms. The summed E-state index contributed by atoms with van der Waals surface area (Å²) in [6.45, 7) is 4.09. The second-order valence-electron chi connectivity index (χ2n) is 5.72. The van der Waals surface area contributed by atoms with Gasteiger partial charge in [-0.05, 0) is 49.2 Å². The Labute approximate surface area is 161 Å². The number of aryl methyl sites for hydroxylation is 2. The van der Waals surface area contributed by atoms with Crippen LogP contribution in [0.15, 0.2) is 75.9 Å². The number of rotatable bonds is 6. The fourth-order valence-electron chi connectivity index (χ4n) is 2.23. The highest BCUT2D eigenvalue weighted by Crippen LogP contribution is 2.32. The minimum Gasteiger partial charge on any atom is -0.325 e. The van der Waals surface area contributed by atoms with E-state index in [9.17, 15) is 4.79 Å². The van der Waals surface area contributed by atoms with Crippen LogP contribution in [0, 0.1) is 13.8 Å². The molecule has 4 nitrogen and oxygen atoms in total. The van der Waals surface area contributed by atoms with E-state index >= 15 is 0 Å². The maximum absolute atomic E-state index is 12.3. The van der Waals surface area contributed by atoms with Crippen LogP contribution in [-0.2, 0) is 4.79 Å². The van der Waals surface area contributed by atoms with Gasteiger partial charge in [0.15, 0.2) is 0 Å². The molecule has 1 aromatic heterocycles. The molecule has 3 aromatic rings. The number of hydrogen-bond acceptors (Lipinski definition) is 5. The second kappa shape index (κ2) is 8.87. The van der Waals surface area contributed by atoms with Gasteiger partial charge >= 0.3 is 0 Å². The van der Waals surface area contributed by atoms with E-state index in [0.717, 1.165) is 26.2 Å². The summed E-state index contributed by atoms with van der Waals surface area (Å²) in [6, 6.07) is 15.9. The second-order valence-corrected chi connectivity index (χ2v) is 7.74. The van der Waals surface area contributed by atoms with Gasteiger partial charge in [0.2, 0.25) is 5.91 Å². The average molecular weight is 382 g/mol. The summed E-state index contributed by atoms with van der Waals surface area (Å²) >= 11 is 2.94. The lowest BCUT2D eigenvalue weighted by Gasteiger charge is -2.09. The zero-order chi connectivity index (χ0) is 18.4. The first-order valence-corrected chi connectivity index (χ1v) is 9.96. The lowest BCUT2D eigenvalue weighted by atomic mass is 10.1. The van der Waals surface area contributed by atoms with Crippen LogP contribution < -0.4 is 5.32 Å². The highest BCUT2D eigenvalue weighted by molar-refractivity contribution is 8.02. The highest BCUT2D eigenvalue weighted by atomic mass is 32.2. The van der Waals surface area contributed by atoms with E-state index in [1.165, 1.54) is 17.3 Å². The molecule has 0 aliphatic rings. The molecular formula is C20H19N3OS2. The van der Waals surface area contributed by atoms with Crippen molar-refractivity contribution in [2.24, 2.45) is 0 Å². The molecule has 0 saturated heterocycles. The van der Waals surface area contributed by atoms with Gasteiger partial charge in [-0.15, -0.1) is 0 Å². The maximum atomic E-state index is 12.3. The Bertz CT molecular complexity index is 901. The molecule has 2 aromatic carbocycles. The zero-order valence-corrected chi connectivity index (χ0v) is 16.2. The van der Waals surface area contributed by atoms with Crippen molar-refractivity contribution in [3.63, 3.8) is 0 Å². The number of nitrogens with one attached hydrogen (secondary N) is 1. The molecule has 0 atom stereocenters. The standard InChI is InChI=1S/C20H19N3OS2/c1-14-8-9-16(12-15(14)2)23-18(24)13-25-19-20(22-11-10-21-19)26-17-6-4-3-5-7-17/h3-12H,13H2,1-2H3,(H,23,24). The number of hydrogen-bond donors (Lipinski definition) is 1. The monoisotopic (exact) mass is 381 g/mol. The summed E-state index contributed by atoms with van der Waals surface area (Å²) in [6.07, 6.45) is 3.32. The summed E-state index contributed by atoms with van der Waals surface area (Å²) in [7, 11) is 0. The molecule has 0 unspecified atom stereocenters. The van der Waals surface area contributed by atoms with Crippen LogP contribution in [0.2, 0.25) is 0 Å². The minimum absolute atomic E-state index is 0.0560. The van der Waals surface area contributed by atoms with Crippen molar-refractivity contribution in [2.75, 3.05) is 11.1 Å². The molecule has 3 rings (SSSR count). The number of benzene rings is 2. The number of carbonyl (C=O) groups excluding carboxylic acids is 1. The summed E-state index contributed by atoms with van der Waals surface area (Å²) in [5.41, 5.74) is 3.18. The van der Waals surface area contributed by atoms with E-state index in [4.69, 9.17) is 0 Å². The Hall–Kier alpha value is -2.31. The number of anilines is 1. The van der Waals surface area contributed by atoms with Gasteiger partial charge in [-0.2, -0.15) is 0 Å². The number of amides is 1. The first-order valence-electron chi connectivity index (χ1n) is 8.15. The van der Waals surface area contributed by atoms with E-state index in [1.807, 2.05) is 55.5 Å².